The van der Waals surface area contributed by atoms with Gasteiger partial charge in [0.25, 0.3) is 0 Å². The summed E-state index contributed by atoms with van der Waals surface area (Å²) in [6.07, 6.45) is 8.44. The summed E-state index contributed by atoms with van der Waals surface area (Å²) in [5, 5.41) is 0. The molecule has 1 saturated carbocycles. The van der Waals surface area contributed by atoms with Crippen LogP contribution in [-0.2, 0) is 6.42 Å². The van der Waals surface area contributed by atoms with Crippen LogP contribution in [0.15, 0.2) is 23.3 Å². The number of hydrogen-bond donors (Lipinski definition) is 1. The van der Waals surface area contributed by atoms with Gasteiger partial charge in [-0.1, -0.05) is 0 Å². The van der Waals surface area contributed by atoms with Crippen LogP contribution in [0.4, 0.5) is 5.69 Å². The molecule has 2 N–H and O–H groups in total. The van der Waals surface area contributed by atoms with Crippen LogP contribution >= 0.6 is 0 Å². The number of aliphatic imine (C=N–C) groups is 1. The van der Waals surface area contributed by atoms with Crippen molar-refractivity contribution < 1.29 is 4.74 Å². The fourth-order valence-electron chi connectivity index (χ4n) is 4.08. The van der Waals surface area contributed by atoms with Crippen molar-refractivity contribution in [3.8, 4) is 5.75 Å². The molecular weight excluding hydrogens is 348 g/mol. The second-order valence-corrected chi connectivity index (χ2v) is 8.86. The highest BCUT2D eigenvalue weighted by atomic mass is 16.5. The lowest BCUT2D eigenvalue weighted by Crippen LogP contribution is -2.56. The normalized spacial score (nSPS) is 24.0. The molecule has 2 heterocycles. The molecule has 0 bridgehead atoms. The van der Waals surface area contributed by atoms with Gasteiger partial charge in [0, 0.05) is 67.0 Å². The summed E-state index contributed by atoms with van der Waals surface area (Å²) < 4.78 is 6.62. The number of rotatable bonds is 6. The van der Waals surface area contributed by atoms with Gasteiger partial charge in [-0.3, -0.25) is 9.89 Å². The van der Waals surface area contributed by atoms with Gasteiger partial charge in [0.05, 0.1) is 6.04 Å². The highest BCUT2D eigenvalue weighted by molar-refractivity contribution is 6.11. The first-order chi connectivity index (χ1) is 13.5. The van der Waals surface area contributed by atoms with E-state index in [1.54, 1.807) is 6.20 Å². The maximum atomic E-state index is 6.62. The van der Waals surface area contributed by atoms with E-state index in [2.05, 4.69) is 54.7 Å². The van der Waals surface area contributed by atoms with Crippen LogP contribution in [0, 0.1) is 0 Å². The number of nitrogens with two attached hydrogens (primary N) is 1. The highest BCUT2D eigenvalue weighted by Gasteiger charge is 2.33. The molecule has 1 aromatic rings. The van der Waals surface area contributed by atoms with Crippen LogP contribution in [0.2, 0.25) is 0 Å². The van der Waals surface area contributed by atoms with Gasteiger partial charge in [-0.2, -0.15) is 0 Å². The summed E-state index contributed by atoms with van der Waals surface area (Å²) in [7, 11) is 2.18. The van der Waals surface area contributed by atoms with Gasteiger partial charge < -0.3 is 15.4 Å². The van der Waals surface area contributed by atoms with Gasteiger partial charge in [0.1, 0.15) is 11.9 Å². The lowest BCUT2D eigenvalue weighted by Gasteiger charge is -2.43. The molecule has 1 aliphatic carbocycles. The molecule has 2 aliphatic heterocycles. The molecule has 152 valence electrons. The maximum Gasteiger partial charge on any atom is 0.133 e. The molecule has 1 saturated heterocycles. The number of nitrogens with zero attached hydrogens (tertiary/aromatic N) is 3. The minimum Gasteiger partial charge on any atom is -0.487 e. The zero-order chi connectivity index (χ0) is 19.8. The Morgan fingerprint density at radius 1 is 1.25 bits per heavy atom. The zero-order valence-electron chi connectivity index (χ0n) is 17.7. The molecular formula is C23H34N4O. The lowest BCUT2D eigenvalue weighted by atomic mass is 9.92. The molecule has 0 spiro atoms. The predicted molar refractivity (Wildman–Crippen MR) is 117 cm³/mol. The number of fused-ring (bicyclic) bond motifs is 1. The van der Waals surface area contributed by atoms with Crippen LogP contribution in [0.3, 0.4) is 0 Å². The molecule has 4 rings (SSSR count). The molecule has 2 fully saturated rings. The van der Waals surface area contributed by atoms with Gasteiger partial charge >= 0.3 is 0 Å². The molecule has 0 amide bonds. The van der Waals surface area contributed by atoms with Crippen molar-refractivity contribution in [1.29, 1.82) is 0 Å². The molecule has 5 nitrogen and oxygen atoms in total. The minimum atomic E-state index is 0.247. The van der Waals surface area contributed by atoms with Crippen molar-refractivity contribution >= 4 is 17.5 Å². The summed E-state index contributed by atoms with van der Waals surface area (Å²) in [6, 6.07) is 5.99. The Hall–Kier alpha value is -2.01. The Kier molecular flexibility index (Phi) is 5.37. The van der Waals surface area contributed by atoms with E-state index in [0.29, 0.717) is 18.1 Å². The monoisotopic (exact) mass is 382 g/mol. The van der Waals surface area contributed by atoms with Crippen molar-refractivity contribution in [2.24, 2.45) is 10.7 Å². The predicted octanol–water partition coefficient (Wildman–Crippen LogP) is 3.46. The third-order valence-electron chi connectivity index (χ3n) is 6.44. The van der Waals surface area contributed by atoms with Crippen molar-refractivity contribution in [1.82, 2.24) is 4.90 Å². The summed E-state index contributed by atoms with van der Waals surface area (Å²) in [5.74, 6) is 1.02. The van der Waals surface area contributed by atoms with Gasteiger partial charge in [-0.05, 0) is 58.6 Å². The number of likely N-dealkylation sites (tertiary alicyclic amines) is 1. The number of benzene rings is 1. The van der Waals surface area contributed by atoms with Crippen molar-refractivity contribution in [2.45, 2.75) is 70.7 Å². The fourth-order valence-corrected chi connectivity index (χ4v) is 4.08. The number of ether oxygens (including phenoxy) is 1. The van der Waals surface area contributed by atoms with Crippen LogP contribution < -0.4 is 15.4 Å². The van der Waals surface area contributed by atoms with Gasteiger partial charge in [0.15, 0.2) is 0 Å². The Bertz CT molecular complexity index is 775. The minimum absolute atomic E-state index is 0.247. The van der Waals surface area contributed by atoms with Crippen LogP contribution in [-0.4, -0.2) is 55.5 Å². The first kappa shape index (κ1) is 19.3. The Labute approximate surface area is 169 Å². The Morgan fingerprint density at radius 2 is 2.00 bits per heavy atom. The molecule has 3 aliphatic rings. The van der Waals surface area contributed by atoms with Gasteiger partial charge in [-0.25, -0.2) is 0 Å². The first-order valence-electron chi connectivity index (χ1n) is 10.7. The fraction of sp³-hybridized carbons (Fsp3) is 0.609. The standard InChI is InChI=1S/C23H34N4O/c1-15(2)27-13-19(14-27)28-23-20(17(11-24)12-25-18-6-7-18)9-10-22-21(23)8-5-16(3)26(22)4/h9-12,15-16,18-19H,5-8,13-14,24H2,1-4H3. The third-order valence-corrected chi connectivity index (χ3v) is 6.44. The van der Waals surface area contributed by atoms with Crippen molar-refractivity contribution in [2.75, 3.05) is 25.0 Å². The second kappa shape index (κ2) is 7.78. The van der Waals surface area contributed by atoms with Crippen LogP contribution in [0.25, 0.3) is 5.57 Å². The summed E-state index contributed by atoms with van der Waals surface area (Å²) in [4.78, 5) is 9.49. The SMILES string of the molecule is CC(C)N1CC(Oc2c(C(C=NC3CC3)=CN)ccc3c2CCC(C)N3C)C1. The van der Waals surface area contributed by atoms with E-state index in [4.69, 9.17) is 10.5 Å². The lowest BCUT2D eigenvalue weighted by molar-refractivity contribution is -0.000503. The molecule has 1 aromatic carbocycles. The smallest absolute Gasteiger partial charge is 0.133 e. The Morgan fingerprint density at radius 3 is 2.64 bits per heavy atom. The van der Waals surface area contributed by atoms with Crippen LogP contribution in [0.1, 0.15) is 51.2 Å². The van der Waals surface area contributed by atoms with Crippen LogP contribution in [0.5, 0.6) is 5.75 Å². The molecule has 0 aromatic heterocycles. The van der Waals surface area contributed by atoms with E-state index in [-0.39, 0.29) is 6.10 Å². The number of allylic oxidation sites excluding steroid dienone is 1. The highest BCUT2D eigenvalue weighted by Crippen LogP contribution is 2.41. The summed E-state index contributed by atoms with van der Waals surface area (Å²) in [5.41, 5.74) is 10.7. The van der Waals surface area contributed by atoms with E-state index in [0.717, 1.165) is 42.8 Å². The van der Waals surface area contributed by atoms with E-state index in [1.165, 1.54) is 24.1 Å². The second-order valence-electron chi connectivity index (χ2n) is 8.86. The first-order valence-corrected chi connectivity index (χ1v) is 10.7. The van der Waals surface area contributed by atoms with E-state index in [1.807, 2.05) is 6.21 Å². The van der Waals surface area contributed by atoms with Crippen molar-refractivity contribution in [3.63, 3.8) is 0 Å². The number of anilines is 1. The van der Waals surface area contributed by atoms with Gasteiger partial charge in [0.2, 0.25) is 0 Å². The van der Waals surface area contributed by atoms with Gasteiger partial charge in [-0.15, -0.1) is 0 Å². The molecule has 28 heavy (non-hydrogen) atoms. The van der Waals surface area contributed by atoms with E-state index < -0.39 is 0 Å². The average Bonchev–Trinajstić information content (AvgIpc) is 3.46. The summed E-state index contributed by atoms with van der Waals surface area (Å²) >= 11 is 0. The largest absolute Gasteiger partial charge is 0.487 e. The molecule has 0 radical (unpaired) electrons. The zero-order valence-corrected chi connectivity index (χ0v) is 17.7. The van der Waals surface area contributed by atoms with E-state index >= 15 is 0 Å². The molecule has 1 unspecified atom stereocenters. The maximum absolute atomic E-state index is 6.62. The molecule has 1 atom stereocenters. The average molecular weight is 383 g/mol. The number of hydrogen-bond acceptors (Lipinski definition) is 5. The van der Waals surface area contributed by atoms with E-state index in [9.17, 15) is 0 Å². The summed E-state index contributed by atoms with van der Waals surface area (Å²) in [6.45, 7) is 8.75. The topological polar surface area (TPSA) is 54.1 Å². The molecule has 5 heteroatoms. The van der Waals surface area contributed by atoms with Crippen molar-refractivity contribution in [3.05, 3.63) is 29.5 Å². The third kappa shape index (κ3) is 3.77. The Balaban J connectivity index is 1.67. The quantitative estimate of drug-likeness (QED) is 0.766.